The molecule has 0 amide bonds. The highest BCUT2D eigenvalue weighted by molar-refractivity contribution is 5.44. The number of rotatable bonds is 6. The van der Waals surface area contributed by atoms with E-state index in [1.165, 1.54) is 11.3 Å². The van der Waals surface area contributed by atoms with Crippen molar-refractivity contribution < 1.29 is 9.84 Å². The van der Waals surface area contributed by atoms with Gasteiger partial charge >= 0.3 is 0 Å². The first-order valence-electron chi connectivity index (χ1n) is 8.92. The SMILES string of the molecule is CC(C)Oc1ccc(CN2CCN(c3cccnc3)CC2)cc1CO. The zero-order valence-electron chi connectivity index (χ0n) is 15.1. The predicted octanol–water partition coefficient (Wildman–Crippen LogP) is 2.68. The van der Waals surface area contributed by atoms with Crippen LogP contribution in [0.4, 0.5) is 5.69 Å². The van der Waals surface area contributed by atoms with Gasteiger partial charge in [-0.1, -0.05) is 6.07 Å². The number of hydrogen-bond donors (Lipinski definition) is 1. The molecule has 0 saturated carbocycles. The number of benzene rings is 1. The van der Waals surface area contributed by atoms with Crippen molar-refractivity contribution in [2.24, 2.45) is 0 Å². The van der Waals surface area contributed by atoms with Crippen molar-refractivity contribution in [3.8, 4) is 5.75 Å². The lowest BCUT2D eigenvalue weighted by Crippen LogP contribution is -2.46. The summed E-state index contributed by atoms with van der Waals surface area (Å²) in [6, 6.07) is 10.2. The maximum atomic E-state index is 9.62. The predicted molar refractivity (Wildman–Crippen MR) is 99.9 cm³/mol. The summed E-state index contributed by atoms with van der Waals surface area (Å²) in [6.07, 6.45) is 3.85. The van der Waals surface area contributed by atoms with E-state index >= 15 is 0 Å². The minimum atomic E-state index is 0.00464. The third kappa shape index (κ3) is 4.71. The number of pyridine rings is 1. The average molecular weight is 341 g/mol. The molecule has 0 unspecified atom stereocenters. The van der Waals surface area contributed by atoms with Crippen LogP contribution < -0.4 is 9.64 Å². The number of piperazine rings is 1. The molecule has 134 valence electrons. The highest BCUT2D eigenvalue weighted by Crippen LogP contribution is 2.23. The number of anilines is 1. The maximum Gasteiger partial charge on any atom is 0.125 e. The second kappa shape index (κ2) is 8.32. The van der Waals surface area contributed by atoms with Crippen molar-refractivity contribution in [2.75, 3.05) is 31.1 Å². The molecule has 0 bridgehead atoms. The normalized spacial score (nSPS) is 15.6. The van der Waals surface area contributed by atoms with Gasteiger partial charge in [0.15, 0.2) is 0 Å². The van der Waals surface area contributed by atoms with Crippen molar-refractivity contribution in [3.63, 3.8) is 0 Å². The van der Waals surface area contributed by atoms with E-state index in [0.29, 0.717) is 0 Å². The van der Waals surface area contributed by atoms with Crippen LogP contribution in [0.2, 0.25) is 0 Å². The fourth-order valence-corrected chi connectivity index (χ4v) is 3.19. The minimum absolute atomic E-state index is 0.00464. The molecular weight excluding hydrogens is 314 g/mol. The van der Waals surface area contributed by atoms with Gasteiger partial charge in [0.2, 0.25) is 0 Å². The molecule has 1 fully saturated rings. The highest BCUT2D eigenvalue weighted by atomic mass is 16.5. The molecule has 1 aromatic carbocycles. The third-order valence-corrected chi connectivity index (χ3v) is 4.45. The van der Waals surface area contributed by atoms with E-state index in [2.05, 4.69) is 33.0 Å². The van der Waals surface area contributed by atoms with Gasteiger partial charge in [0.25, 0.3) is 0 Å². The lowest BCUT2D eigenvalue weighted by molar-refractivity contribution is 0.224. The molecule has 1 aliphatic rings. The molecule has 0 atom stereocenters. The Bertz CT molecular complexity index is 668. The zero-order chi connectivity index (χ0) is 17.6. The van der Waals surface area contributed by atoms with E-state index in [4.69, 9.17) is 4.74 Å². The first-order chi connectivity index (χ1) is 12.2. The number of ether oxygens (including phenoxy) is 1. The van der Waals surface area contributed by atoms with Crippen LogP contribution in [-0.4, -0.2) is 47.3 Å². The van der Waals surface area contributed by atoms with E-state index in [0.717, 1.165) is 44.0 Å². The summed E-state index contributed by atoms with van der Waals surface area (Å²) in [7, 11) is 0. The van der Waals surface area contributed by atoms with Gasteiger partial charge in [-0.25, -0.2) is 0 Å². The van der Waals surface area contributed by atoms with E-state index < -0.39 is 0 Å². The fourth-order valence-electron chi connectivity index (χ4n) is 3.19. The molecule has 1 saturated heterocycles. The van der Waals surface area contributed by atoms with Crippen LogP contribution >= 0.6 is 0 Å². The summed E-state index contributed by atoms with van der Waals surface area (Å²) in [5.41, 5.74) is 3.27. The molecule has 0 spiro atoms. The summed E-state index contributed by atoms with van der Waals surface area (Å²) < 4.78 is 5.76. The Balaban J connectivity index is 1.58. The van der Waals surface area contributed by atoms with Crippen LogP contribution in [0.15, 0.2) is 42.7 Å². The smallest absolute Gasteiger partial charge is 0.125 e. The third-order valence-electron chi connectivity index (χ3n) is 4.45. The Kier molecular flexibility index (Phi) is 5.89. The quantitative estimate of drug-likeness (QED) is 0.875. The van der Waals surface area contributed by atoms with Gasteiger partial charge in [-0.2, -0.15) is 0 Å². The molecule has 5 nitrogen and oxygen atoms in total. The molecule has 1 aliphatic heterocycles. The lowest BCUT2D eigenvalue weighted by Gasteiger charge is -2.36. The van der Waals surface area contributed by atoms with Crippen molar-refractivity contribution in [3.05, 3.63) is 53.9 Å². The van der Waals surface area contributed by atoms with Gasteiger partial charge in [-0.15, -0.1) is 0 Å². The van der Waals surface area contributed by atoms with Gasteiger partial charge in [-0.05, 0) is 43.7 Å². The molecule has 0 aliphatic carbocycles. The van der Waals surface area contributed by atoms with Gasteiger partial charge < -0.3 is 14.7 Å². The van der Waals surface area contributed by atoms with Gasteiger partial charge in [0.1, 0.15) is 5.75 Å². The number of aliphatic hydroxyl groups is 1. The maximum absolute atomic E-state index is 9.62. The topological polar surface area (TPSA) is 48.8 Å². The van der Waals surface area contributed by atoms with Crippen LogP contribution in [0.25, 0.3) is 0 Å². The first-order valence-corrected chi connectivity index (χ1v) is 8.92. The zero-order valence-corrected chi connectivity index (χ0v) is 15.1. The Morgan fingerprint density at radius 1 is 1.16 bits per heavy atom. The van der Waals surface area contributed by atoms with Crippen molar-refractivity contribution in [1.82, 2.24) is 9.88 Å². The van der Waals surface area contributed by atoms with E-state index in [9.17, 15) is 5.11 Å². The van der Waals surface area contributed by atoms with Gasteiger partial charge in [0, 0.05) is 44.5 Å². The van der Waals surface area contributed by atoms with Crippen LogP contribution in [-0.2, 0) is 13.2 Å². The molecule has 3 rings (SSSR count). The van der Waals surface area contributed by atoms with E-state index in [1.807, 2.05) is 38.4 Å². The molecule has 0 radical (unpaired) electrons. The Morgan fingerprint density at radius 3 is 2.60 bits per heavy atom. The molecule has 1 aromatic heterocycles. The van der Waals surface area contributed by atoms with Crippen molar-refractivity contribution in [1.29, 1.82) is 0 Å². The molecular formula is C20H27N3O2. The first kappa shape index (κ1) is 17.7. The number of hydrogen-bond acceptors (Lipinski definition) is 5. The average Bonchev–Trinajstić information content (AvgIpc) is 2.64. The van der Waals surface area contributed by atoms with E-state index in [1.54, 1.807) is 0 Å². The van der Waals surface area contributed by atoms with Crippen molar-refractivity contribution >= 4 is 5.69 Å². The number of aromatic nitrogens is 1. The standard InChI is InChI=1S/C20H27N3O2/c1-16(2)25-20-6-5-17(12-18(20)15-24)14-22-8-10-23(11-9-22)19-4-3-7-21-13-19/h3-7,12-13,16,24H,8-11,14-15H2,1-2H3. The van der Waals surface area contributed by atoms with Crippen LogP contribution in [0.5, 0.6) is 5.75 Å². The summed E-state index contributed by atoms with van der Waals surface area (Å²) in [5.74, 6) is 0.780. The van der Waals surface area contributed by atoms with Crippen LogP contribution in [0.1, 0.15) is 25.0 Å². The molecule has 2 heterocycles. The monoisotopic (exact) mass is 341 g/mol. The molecule has 25 heavy (non-hydrogen) atoms. The molecule has 2 aromatic rings. The summed E-state index contributed by atoms with van der Waals surface area (Å²) in [5, 5.41) is 9.62. The Hall–Kier alpha value is -2.11. The Morgan fingerprint density at radius 2 is 1.96 bits per heavy atom. The van der Waals surface area contributed by atoms with Crippen LogP contribution in [0, 0.1) is 0 Å². The highest BCUT2D eigenvalue weighted by Gasteiger charge is 2.18. The fraction of sp³-hybridized carbons (Fsp3) is 0.450. The molecule has 5 heteroatoms. The number of nitrogens with zero attached hydrogens (tertiary/aromatic N) is 3. The second-order valence-electron chi connectivity index (χ2n) is 6.74. The second-order valence-corrected chi connectivity index (χ2v) is 6.74. The summed E-state index contributed by atoms with van der Waals surface area (Å²) >= 11 is 0. The van der Waals surface area contributed by atoms with E-state index in [-0.39, 0.29) is 12.7 Å². The lowest BCUT2D eigenvalue weighted by atomic mass is 10.1. The van der Waals surface area contributed by atoms with Gasteiger partial charge in [0.05, 0.1) is 24.6 Å². The Labute approximate surface area is 149 Å². The largest absolute Gasteiger partial charge is 0.491 e. The number of aliphatic hydroxyl groups excluding tert-OH is 1. The molecule has 1 N–H and O–H groups in total. The summed E-state index contributed by atoms with van der Waals surface area (Å²) in [6.45, 7) is 8.95. The minimum Gasteiger partial charge on any atom is -0.491 e. The summed E-state index contributed by atoms with van der Waals surface area (Å²) in [4.78, 5) is 9.03. The van der Waals surface area contributed by atoms with Crippen LogP contribution in [0.3, 0.4) is 0 Å². The van der Waals surface area contributed by atoms with Crippen molar-refractivity contribution in [2.45, 2.75) is 33.1 Å². The van der Waals surface area contributed by atoms with Gasteiger partial charge in [-0.3, -0.25) is 9.88 Å².